The van der Waals surface area contributed by atoms with Crippen molar-refractivity contribution in [3.8, 4) is 0 Å². The highest BCUT2D eigenvalue weighted by atomic mass is 15.3. The van der Waals surface area contributed by atoms with Gasteiger partial charge in [-0.15, -0.1) is 0 Å². The third-order valence-corrected chi connectivity index (χ3v) is 15.7. The Morgan fingerprint density at radius 2 is 0.608 bits per heavy atom. The van der Waals surface area contributed by atoms with E-state index < -0.39 is 10.8 Å². The lowest BCUT2D eigenvalue weighted by Gasteiger charge is -2.47. The zero-order valence-electron chi connectivity index (χ0n) is 40.8. The van der Waals surface area contributed by atoms with Gasteiger partial charge >= 0.3 is 0 Å². The van der Waals surface area contributed by atoms with Crippen molar-refractivity contribution in [3.63, 3.8) is 0 Å². The number of benzene rings is 10. The molecule has 4 heterocycles. The third kappa shape index (κ3) is 6.53. The Balaban J connectivity index is 0.956. The fourth-order valence-corrected chi connectivity index (χ4v) is 12.7. The van der Waals surface area contributed by atoms with Gasteiger partial charge in [-0.1, -0.05) is 194 Å². The van der Waals surface area contributed by atoms with Crippen LogP contribution < -0.4 is 19.6 Å². The summed E-state index contributed by atoms with van der Waals surface area (Å²) in [5, 5.41) is 0. The van der Waals surface area contributed by atoms with Crippen molar-refractivity contribution in [2.24, 2.45) is 0 Å². The van der Waals surface area contributed by atoms with E-state index in [1.807, 2.05) is 6.20 Å². The third-order valence-electron chi connectivity index (χ3n) is 15.7. The van der Waals surface area contributed by atoms with Crippen LogP contribution in [0.1, 0.15) is 44.5 Å². The summed E-state index contributed by atoms with van der Waals surface area (Å²) in [4.78, 5) is 15.1. The topological polar surface area (TPSA) is 25.9 Å². The number of aromatic nitrogens is 1. The highest BCUT2D eigenvalue weighted by molar-refractivity contribution is 5.94. The zero-order chi connectivity index (χ0) is 49.1. The first-order chi connectivity index (χ1) is 36.7. The van der Waals surface area contributed by atoms with E-state index in [1.54, 1.807) is 0 Å². The van der Waals surface area contributed by atoms with Crippen molar-refractivity contribution in [1.29, 1.82) is 0 Å². The molecule has 0 N–H and O–H groups in total. The van der Waals surface area contributed by atoms with E-state index in [9.17, 15) is 0 Å². The average Bonchev–Trinajstić information content (AvgIpc) is 3.50. The second-order valence-electron chi connectivity index (χ2n) is 19.4. The maximum Gasteiger partial charge on any atom is 0.157 e. The molecule has 0 unspecified atom stereocenters. The molecule has 0 amide bonds. The van der Waals surface area contributed by atoms with E-state index in [0.29, 0.717) is 6.54 Å². The van der Waals surface area contributed by atoms with Crippen molar-refractivity contribution < 1.29 is 0 Å². The van der Waals surface area contributed by atoms with Gasteiger partial charge in [-0.25, -0.2) is 4.98 Å². The summed E-state index contributed by atoms with van der Waals surface area (Å²) in [5.74, 6) is 0.922. The minimum absolute atomic E-state index is 0.630. The molecule has 10 aromatic carbocycles. The van der Waals surface area contributed by atoms with Gasteiger partial charge < -0.3 is 19.6 Å². The lowest BCUT2D eigenvalue weighted by molar-refractivity contribution is 0.728. The molecule has 0 atom stereocenters. The molecule has 0 saturated carbocycles. The van der Waals surface area contributed by atoms with Crippen LogP contribution >= 0.6 is 0 Å². The van der Waals surface area contributed by atoms with E-state index in [-0.39, 0.29) is 0 Å². The Kier molecular flexibility index (Phi) is 10.4. The maximum atomic E-state index is 5.27. The van der Waals surface area contributed by atoms with Gasteiger partial charge in [0, 0.05) is 42.0 Å². The molecule has 352 valence electrons. The second kappa shape index (κ2) is 17.7. The number of anilines is 10. The number of rotatable bonds is 8. The van der Waals surface area contributed by atoms with Crippen LogP contribution in [0.15, 0.2) is 285 Å². The van der Waals surface area contributed by atoms with Gasteiger partial charge in [0.1, 0.15) is 0 Å². The minimum atomic E-state index is -0.635. The van der Waals surface area contributed by atoms with Gasteiger partial charge in [-0.05, 0) is 129 Å². The second-order valence-corrected chi connectivity index (χ2v) is 19.4. The molecule has 11 aromatic rings. The van der Waals surface area contributed by atoms with Gasteiger partial charge in [-0.2, -0.15) is 0 Å². The molecule has 0 radical (unpaired) electrons. The van der Waals surface area contributed by atoms with Crippen molar-refractivity contribution in [1.82, 2.24) is 4.98 Å². The van der Waals surface area contributed by atoms with Gasteiger partial charge in [0.25, 0.3) is 0 Å². The predicted octanol–water partition coefficient (Wildman–Crippen LogP) is 16.7. The predicted molar refractivity (Wildman–Crippen MR) is 304 cm³/mol. The molecule has 0 bridgehead atoms. The Morgan fingerprint density at radius 3 is 1.04 bits per heavy atom. The molecule has 14 rings (SSSR count). The Bertz CT molecular complexity index is 3480. The van der Waals surface area contributed by atoms with Crippen molar-refractivity contribution in [3.05, 3.63) is 330 Å². The van der Waals surface area contributed by atoms with Crippen molar-refractivity contribution >= 4 is 57.0 Å². The molecule has 3 aliphatic heterocycles. The monoisotopic (exact) mass is 949 g/mol. The molecular weight excluding hydrogens is 899 g/mol. The highest BCUT2D eigenvalue weighted by Crippen LogP contribution is 2.61. The Hall–Kier alpha value is -9.45. The first kappa shape index (κ1) is 43.3. The summed E-state index contributed by atoms with van der Waals surface area (Å²) in [5.41, 5.74) is 18.7. The van der Waals surface area contributed by atoms with E-state index in [1.165, 1.54) is 50.2 Å². The van der Waals surface area contributed by atoms with E-state index in [2.05, 4.69) is 299 Å². The molecule has 5 nitrogen and oxygen atoms in total. The summed E-state index contributed by atoms with van der Waals surface area (Å²) in [6.45, 7) is 1.45. The fraction of sp³-hybridized carbons (Fsp3) is 0.0580. The van der Waals surface area contributed by atoms with E-state index >= 15 is 0 Å². The van der Waals surface area contributed by atoms with Gasteiger partial charge in [0.15, 0.2) is 5.82 Å². The smallest absolute Gasteiger partial charge is 0.157 e. The van der Waals surface area contributed by atoms with Crippen LogP contribution in [0.25, 0.3) is 0 Å². The van der Waals surface area contributed by atoms with Crippen LogP contribution in [0.5, 0.6) is 0 Å². The summed E-state index contributed by atoms with van der Waals surface area (Å²) >= 11 is 0. The maximum absolute atomic E-state index is 5.27. The van der Waals surface area contributed by atoms with Gasteiger partial charge in [0.2, 0.25) is 0 Å². The van der Waals surface area contributed by atoms with Crippen LogP contribution in [0.2, 0.25) is 0 Å². The number of pyridine rings is 1. The van der Waals surface area contributed by atoms with E-state index in [0.717, 1.165) is 57.9 Å². The molecule has 74 heavy (non-hydrogen) atoms. The molecular formula is C69H51N5. The normalized spacial score (nSPS) is 14.8. The molecule has 1 aromatic heterocycles. The number of nitrogens with zero attached hydrogens (tertiary/aromatic N) is 5. The zero-order valence-corrected chi connectivity index (χ0v) is 40.8. The minimum Gasteiger partial charge on any atom is -0.337 e. The van der Waals surface area contributed by atoms with Crippen LogP contribution in [-0.4, -0.2) is 18.1 Å². The van der Waals surface area contributed by atoms with Crippen LogP contribution in [0.3, 0.4) is 0 Å². The number of fused-ring (bicyclic) bond motifs is 5. The summed E-state index contributed by atoms with van der Waals surface area (Å²) in [6.07, 6.45) is 1.94. The quantitative estimate of drug-likeness (QED) is 0.151. The van der Waals surface area contributed by atoms with Gasteiger partial charge in [-0.3, -0.25) is 0 Å². The lowest BCUT2D eigenvalue weighted by atomic mass is 9.62. The summed E-state index contributed by atoms with van der Waals surface area (Å²) in [7, 11) is 0. The molecule has 0 spiro atoms. The first-order valence-corrected chi connectivity index (χ1v) is 25.7. The molecule has 0 fully saturated rings. The first-order valence-electron chi connectivity index (χ1n) is 25.7. The van der Waals surface area contributed by atoms with E-state index in [4.69, 9.17) is 4.98 Å². The highest BCUT2D eigenvalue weighted by Gasteiger charge is 2.49. The van der Waals surface area contributed by atoms with Gasteiger partial charge in [0.05, 0.1) is 39.3 Å². The summed E-state index contributed by atoms with van der Waals surface area (Å²) in [6, 6.07) is 102. The Morgan fingerprint density at radius 1 is 0.270 bits per heavy atom. The molecule has 0 aliphatic carbocycles. The number of hydrogen-bond donors (Lipinski definition) is 0. The van der Waals surface area contributed by atoms with Crippen molar-refractivity contribution in [2.75, 3.05) is 32.7 Å². The molecule has 0 saturated heterocycles. The molecule has 3 aliphatic rings. The van der Waals surface area contributed by atoms with Crippen molar-refractivity contribution in [2.45, 2.75) is 10.8 Å². The fourth-order valence-electron chi connectivity index (χ4n) is 12.7. The standard InChI is InChI=1S/C69H51N5/c1-7-24-50(25-8-1)68(51-26-9-2-10-27-51)58-36-19-21-38-62(58)73(54-32-15-5-16-33-54)64-43-41-56(48-60(64)68)71-46-47-72(67-66(71)40-23-45-70-67)57-42-44-65-61(49-57)69(52-28-11-3-12-29-52,53-30-13-4-14-31-53)59-37-20-22-39-63(59)74(65)55-34-17-6-18-35-55/h1-45,48-49H,46-47H2. The largest absolute Gasteiger partial charge is 0.337 e. The van der Waals surface area contributed by atoms with Crippen LogP contribution in [-0.2, 0) is 10.8 Å². The average molecular weight is 950 g/mol. The number of hydrogen-bond acceptors (Lipinski definition) is 5. The summed E-state index contributed by atoms with van der Waals surface area (Å²) < 4.78 is 0. The Labute approximate surface area is 433 Å². The van der Waals surface area contributed by atoms with Crippen LogP contribution in [0, 0.1) is 0 Å². The molecule has 5 heteroatoms. The lowest BCUT2D eigenvalue weighted by Crippen LogP contribution is -2.40. The van der Waals surface area contributed by atoms with Crippen LogP contribution in [0.4, 0.5) is 57.0 Å². The number of para-hydroxylation sites is 4. The SMILES string of the molecule is c1ccc(N2c3ccccc3C(c3ccccc3)(c3ccccc3)c3cc(N4CCN(c5ccc6c(c5)C(c5ccccc5)(c5ccccc5)c5ccccc5N6c5ccccc5)c5ncccc54)ccc32)cc1.